The van der Waals surface area contributed by atoms with Gasteiger partial charge in [-0.3, -0.25) is 4.79 Å². The second-order valence-corrected chi connectivity index (χ2v) is 6.12. The Morgan fingerprint density at radius 3 is 2.69 bits per heavy atom. The molecule has 0 bridgehead atoms. The third kappa shape index (κ3) is 4.52. The van der Waals surface area contributed by atoms with Gasteiger partial charge in [-0.05, 0) is 17.7 Å². The highest BCUT2D eigenvalue weighted by atomic mass is 35.5. The normalized spacial score (nSPS) is 11.9. The molecule has 2 heterocycles. The van der Waals surface area contributed by atoms with Crippen molar-refractivity contribution >= 4 is 29.2 Å². The van der Waals surface area contributed by atoms with Gasteiger partial charge in [0.25, 0.3) is 0 Å². The molecule has 7 nitrogen and oxygen atoms in total. The van der Waals surface area contributed by atoms with E-state index < -0.39 is 18.0 Å². The summed E-state index contributed by atoms with van der Waals surface area (Å²) in [5.74, 6) is -0.470. The van der Waals surface area contributed by atoms with Gasteiger partial charge in [-0.1, -0.05) is 41.9 Å². The molecule has 0 spiro atoms. The molecular formula is C18H17ClN4O3. The maximum absolute atomic E-state index is 12.2. The number of carbonyl (C=O) groups is 2. The second-order valence-electron chi connectivity index (χ2n) is 5.68. The summed E-state index contributed by atoms with van der Waals surface area (Å²) in [7, 11) is 0. The Bertz CT molecular complexity index is 927. The standard InChI is InChI=1S/C18H17ClN4O3/c19-13-6-7-16-21-14(10-23(16)9-13)11-26-17(24)8-15(22-18(20)25)12-4-2-1-3-5-12/h1-7,9-10,15H,8,11H2,(H3,20,22,25)/t15-/m0/s1. The van der Waals surface area contributed by atoms with Crippen LogP contribution in [0.15, 0.2) is 54.9 Å². The van der Waals surface area contributed by atoms with Gasteiger partial charge < -0.3 is 20.2 Å². The van der Waals surface area contributed by atoms with Crippen molar-refractivity contribution in [1.82, 2.24) is 14.7 Å². The van der Waals surface area contributed by atoms with E-state index in [0.29, 0.717) is 16.4 Å². The lowest BCUT2D eigenvalue weighted by Gasteiger charge is -2.17. The molecule has 134 valence electrons. The Kier molecular flexibility index (Phi) is 5.38. The fourth-order valence-electron chi connectivity index (χ4n) is 2.58. The van der Waals surface area contributed by atoms with Crippen LogP contribution in [-0.4, -0.2) is 21.4 Å². The first-order valence-corrected chi connectivity index (χ1v) is 8.29. The Hall–Kier alpha value is -3.06. The van der Waals surface area contributed by atoms with Crippen molar-refractivity contribution in [1.29, 1.82) is 0 Å². The lowest BCUT2D eigenvalue weighted by atomic mass is 10.0. The van der Waals surface area contributed by atoms with Gasteiger partial charge in [0.15, 0.2) is 0 Å². The van der Waals surface area contributed by atoms with Gasteiger partial charge in [0, 0.05) is 12.4 Å². The highest BCUT2D eigenvalue weighted by Crippen LogP contribution is 2.18. The summed E-state index contributed by atoms with van der Waals surface area (Å²) in [6.45, 7) is 0.0240. The zero-order valence-corrected chi connectivity index (χ0v) is 14.5. The summed E-state index contributed by atoms with van der Waals surface area (Å²) in [5.41, 5.74) is 7.27. The number of fused-ring (bicyclic) bond motifs is 1. The number of carbonyl (C=O) groups excluding carboxylic acids is 2. The lowest BCUT2D eigenvalue weighted by molar-refractivity contribution is -0.145. The van der Waals surface area contributed by atoms with Gasteiger partial charge in [0.1, 0.15) is 12.3 Å². The van der Waals surface area contributed by atoms with E-state index in [1.807, 2.05) is 18.2 Å². The average Bonchev–Trinajstić information content (AvgIpc) is 3.02. The molecule has 3 N–H and O–H groups in total. The van der Waals surface area contributed by atoms with Crippen LogP contribution in [0.25, 0.3) is 5.65 Å². The van der Waals surface area contributed by atoms with Gasteiger partial charge in [-0.15, -0.1) is 0 Å². The number of aromatic nitrogens is 2. The van der Waals surface area contributed by atoms with E-state index >= 15 is 0 Å². The molecule has 1 atom stereocenters. The molecule has 0 aliphatic carbocycles. The van der Waals surface area contributed by atoms with Crippen LogP contribution in [0.1, 0.15) is 23.7 Å². The number of urea groups is 1. The quantitative estimate of drug-likeness (QED) is 0.650. The van der Waals surface area contributed by atoms with Gasteiger partial charge in [0.2, 0.25) is 0 Å². The van der Waals surface area contributed by atoms with Crippen molar-refractivity contribution in [3.63, 3.8) is 0 Å². The van der Waals surface area contributed by atoms with Crippen LogP contribution >= 0.6 is 11.6 Å². The van der Waals surface area contributed by atoms with E-state index in [4.69, 9.17) is 22.1 Å². The first-order valence-electron chi connectivity index (χ1n) is 7.91. The molecule has 0 saturated heterocycles. The van der Waals surface area contributed by atoms with Crippen molar-refractivity contribution in [2.75, 3.05) is 0 Å². The Morgan fingerprint density at radius 2 is 1.96 bits per heavy atom. The number of halogens is 1. The minimum absolute atomic E-state index is 0.0240. The molecule has 3 rings (SSSR count). The third-order valence-corrected chi connectivity index (χ3v) is 3.96. The summed E-state index contributed by atoms with van der Waals surface area (Å²) in [4.78, 5) is 27.7. The zero-order chi connectivity index (χ0) is 18.5. The number of nitrogens with zero attached hydrogens (tertiary/aromatic N) is 2. The number of nitrogens with two attached hydrogens (primary N) is 1. The van der Waals surface area contributed by atoms with Gasteiger partial charge >= 0.3 is 12.0 Å². The molecular weight excluding hydrogens is 356 g/mol. The van der Waals surface area contributed by atoms with Crippen molar-refractivity contribution in [2.24, 2.45) is 5.73 Å². The summed E-state index contributed by atoms with van der Waals surface area (Å²) in [6.07, 6.45) is 3.43. The van der Waals surface area contributed by atoms with E-state index in [2.05, 4.69) is 10.3 Å². The number of hydrogen-bond acceptors (Lipinski definition) is 4. The fourth-order valence-corrected chi connectivity index (χ4v) is 2.74. The van der Waals surface area contributed by atoms with E-state index in [1.165, 1.54) is 0 Å². The van der Waals surface area contributed by atoms with Crippen LogP contribution in [0.3, 0.4) is 0 Å². The monoisotopic (exact) mass is 372 g/mol. The van der Waals surface area contributed by atoms with Crippen LogP contribution in [-0.2, 0) is 16.1 Å². The van der Waals surface area contributed by atoms with Crippen molar-refractivity contribution in [3.05, 3.63) is 71.1 Å². The van der Waals surface area contributed by atoms with Gasteiger partial charge in [0.05, 0.1) is 23.2 Å². The number of amides is 2. The van der Waals surface area contributed by atoms with Crippen molar-refractivity contribution in [2.45, 2.75) is 19.1 Å². The van der Waals surface area contributed by atoms with Crippen molar-refractivity contribution in [3.8, 4) is 0 Å². The van der Waals surface area contributed by atoms with Gasteiger partial charge in [-0.25, -0.2) is 9.78 Å². The largest absolute Gasteiger partial charge is 0.459 e. The minimum Gasteiger partial charge on any atom is -0.459 e. The molecule has 0 fully saturated rings. The summed E-state index contributed by atoms with van der Waals surface area (Å²) in [6, 6.07) is 11.3. The topological polar surface area (TPSA) is 98.7 Å². The number of pyridine rings is 1. The number of ether oxygens (including phenoxy) is 1. The number of esters is 1. The second kappa shape index (κ2) is 7.88. The number of nitrogens with one attached hydrogen (secondary N) is 1. The van der Waals surface area contributed by atoms with Crippen molar-refractivity contribution < 1.29 is 14.3 Å². The first-order chi connectivity index (χ1) is 12.5. The predicted octanol–water partition coefficient (Wildman–Crippen LogP) is 2.83. The average molecular weight is 373 g/mol. The number of rotatable bonds is 6. The number of primary amides is 1. The SMILES string of the molecule is NC(=O)N[C@@H](CC(=O)OCc1cn2cc(Cl)ccc2n1)c1ccccc1. The van der Waals surface area contributed by atoms with Gasteiger partial charge in [-0.2, -0.15) is 0 Å². The van der Waals surface area contributed by atoms with E-state index in [0.717, 1.165) is 5.56 Å². The maximum Gasteiger partial charge on any atom is 0.312 e. The number of benzene rings is 1. The smallest absolute Gasteiger partial charge is 0.312 e. The molecule has 2 aromatic heterocycles. The predicted molar refractivity (Wildman–Crippen MR) is 96.5 cm³/mol. The molecule has 8 heteroatoms. The van der Waals surface area contributed by atoms with E-state index in [-0.39, 0.29) is 13.0 Å². The maximum atomic E-state index is 12.2. The van der Waals surface area contributed by atoms with Crippen LogP contribution in [0.2, 0.25) is 5.02 Å². The molecule has 0 radical (unpaired) electrons. The Labute approximate surface area is 154 Å². The Morgan fingerprint density at radius 1 is 1.19 bits per heavy atom. The molecule has 0 aliphatic heterocycles. The van der Waals surface area contributed by atoms with Crippen LogP contribution < -0.4 is 11.1 Å². The Balaban J connectivity index is 1.63. The molecule has 1 aromatic carbocycles. The number of hydrogen-bond donors (Lipinski definition) is 2. The molecule has 0 unspecified atom stereocenters. The first kappa shape index (κ1) is 17.8. The molecule has 3 aromatic rings. The lowest BCUT2D eigenvalue weighted by Crippen LogP contribution is -2.34. The fraction of sp³-hybridized carbons (Fsp3) is 0.167. The summed E-state index contributed by atoms with van der Waals surface area (Å²) < 4.78 is 7.04. The highest BCUT2D eigenvalue weighted by Gasteiger charge is 2.18. The van der Waals surface area contributed by atoms with Crippen LogP contribution in [0, 0.1) is 0 Å². The number of imidazole rings is 1. The summed E-state index contributed by atoms with van der Waals surface area (Å²) >= 11 is 5.93. The third-order valence-electron chi connectivity index (χ3n) is 3.74. The van der Waals surface area contributed by atoms with E-state index in [1.54, 1.807) is 41.1 Å². The molecule has 0 saturated carbocycles. The van der Waals surface area contributed by atoms with Crippen LogP contribution in [0.4, 0.5) is 4.79 Å². The molecule has 2 amide bonds. The highest BCUT2D eigenvalue weighted by molar-refractivity contribution is 6.30. The zero-order valence-electron chi connectivity index (χ0n) is 13.8. The molecule has 0 aliphatic rings. The van der Waals surface area contributed by atoms with Crippen LogP contribution in [0.5, 0.6) is 0 Å². The molecule has 26 heavy (non-hydrogen) atoms. The summed E-state index contributed by atoms with van der Waals surface area (Å²) in [5, 5.41) is 3.14. The van der Waals surface area contributed by atoms with E-state index in [9.17, 15) is 9.59 Å². The minimum atomic E-state index is -0.705.